The first-order chi connectivity index (χ1) is 8.58. The number of nitrogen functional groups attached to an aromatic ring is 1. The van der Waals surface area contributed by atoms with E-state index in [0.717, 1.165) is 0 Å². The summed E-state index contributed by atoms with van der Waals surface area (Å²) >= 11 is 1.25. The third-order valence-electron chi connectivity index (χ3n) is 2.21. The minimum atomic E-state index is -0.492. The molecule has 0 bridgehead atoms. The Morgan fingerprint density at radius 2 is 2.17 bits per heavy atom. The molecule has 1 amide bonds. The van der Waals surface area contributed by atoms with E-state index in [-0.39, 0.29) is 11.6 Å². The number of hydrogen-bond donors (Lipinski definition) is 2. The van der Waals surface area contributed by atoms with E-state index >= 15 is 0 Å². The number of rotatable bonds is 3. The largest absolute Gasteiger partial charge is 0.496 e. The second kappa shape index (κ2) is 5.05. The summed E-state index contributed by atoms with van der Waals surface area (Å²) in [7, 11) is 1.52. The molecule has 0 aliphatic rings. The van der Waals surface area contributed by atoms with Crippen LogP contribution < -0.4 is 15.8 Å². The molecule has 2 aromatic rings. The van der Waals surface area contributed by atoms with Gasteiger partial charge in [0.15, 0.2) is 0 Å². The van der Waals surface area contributed by atoms with Crippen LogP contribution in [0, 0.1) is 5.82 Å². The number of benzene rings is 1. The summed E-state index contributed by atoms with van der Waals surface area (Å²) in [5.41, 5.74) is 6.07. The van der Waals surface area contributed by atoms with Crippen molar-refractivity contribution >= 4 is 28.6 Å². The smallest absolute Gasteiger partial charge is 0.265 e. The molecule has 1 heterocycles. The zero-order valence-electron chi connectivity index (χ0n) is 9.57. The Kier molecular flexibility index (Phi) is 3.47. The predicted molar refractivity (Wildman–Crippen MR) is 69.6 cm³/mol. The monoisotopic (exact) mass is 266 g/mol. The molecule has 94 valence electrons. The van der Waals surface area contributed by atoms with Gasteiger partial charge in [-0.3, -0.25) is 4.79 Å². The molecule has 1 aromatic carbocycles. The van der Waals surface area contributed by atoms with Gasteiger partial charge in [0, 0.05) is 22.8 Å². The second-order valence-electron chi connectivity index (χ2n) is 3.58. The Bertz CT molecular complexity index is 563. The van der Waals surface area contributed by atoms with Crippen LogP contribution in [0.15, 0.2) is 29.6 Å². The quantitative estimate of drug-likeness (QED) is 0.839. The lowest BCUT2D eigenvalue weighted by Gasteiger charge is -2.04. The van der Waals surface area contributed by atoms with Gasteiger partial charge in [-0.15, -0.1) is 11.3 Å². The van der Waals surface area contributed by atoms with Gasteiger partial charge in [-0.1, -0.05) is 0 Å². The maximum atomic E-state index is 13.1. The maximum absolute atomic E-state index is 13.1. The van der Waals surface area contributed by atoms with Crippen LogP contribution in [0.25, 0.3) is 0 Å². The van der Waals surface area contributed by atoms with Crippen LogP contribution in [-0.2, 0) is 0 Å². The van der Waals surface area contributed by atoms with Crippen molar-refractivity contribution in [2.45, 2.75) is 0 Å². The molecule has 0 aliphatic heterocycles. The van der Waals surface area contributed by atoms with E-state index in [1.54, 1.807) is 11.4 Å². The van der Waals surface area contributed by atoms with E-state index in [9.17, 15) is 9.18 Å². The molecule has 18 heavy (non-hydrogen) atoms. The molecule has 0 spiro atoms. The Balaban J connectivity index is 2.15. The number of carbonyl (C=O) groups excluding carboxylic acids is 1. The summed E-state index contributed by atoms with van der Waals surface area (Å²) in [6.07, 6.45) is 0. The molecule has 0 saturated heterocycles. The summed E-state index contributed by atoms with van der Waals surface area (Å²) in [5, 5.41) is 4.29. The minimum absolute atomic E-state index is 0.258. The molecule has 0 aliphatic carbocycles. The van der Waals surface area contributed by atoms with Crippen LogP contribution in [0.4, 0.5) is 15.8 Å². The van der Waals surface area contributed by atoms with E-state index in [4.69, 9.17) is 10.5 Å². The number of hydrogen-bond acceptors (Lipinski definition) is 4. The van der Waals surface area contributed by atoms with Gasteiger partial charge in [0.05, 0.1) is 12.0 Å². The molecule has 0 saturated carbocycles. The molecule has 0 unspecified atom stereocenters. The predicted octanol–water partition coefficient (Wildman–Crippen LogP) is 2.73. The third kappa shape index (κ3) is 2.78. The molecule has 0 radical (unpaired) electrons. The summed E-state index contributed by atoms with van der Waals surface area (Å²) in [5.74, 6) is -0.203. The molecular formula is C12H11FN2O2S. The van der Waals surface area contributed by atoms with Crippen LogP contribution >= 0.6 is 11.3 Å². The zero-order valence-corrected chi connectivity index (χ0v) is 10.4. The fourth-order valence-electron chi connectivity index (χ4n) is 1.42. The van der Waals surface area contributed by atoms with Crippen molar-refractivity contribution in [2.75, 3.05) is 18.2 Å². The van der Waals surface area contributed by atoms with Crippen molar-refractivity contribution in [3.8, 4) is 5.75 Å². The van der Waals surface area contributed by atoms with Crippen molar-refractivity contribution in [3.05, 3.63) is 40.3 Å². The molecule has 2 rings (SSSR count). The second-order valence-corrected chi connectivity index (χ2v) is 4.49. The molecule has 0 fully saturated rings. The van der Waals surface area contributed by atoms with E-state index in [1.165, 1.54) is 36.6 Å². The van der Waals surface area contributed by atoms with Gasteiger partial charge in [0.2, 0.25) is 0 Å². The highest BCUT2D eigenvalue weighted by atomic mass is 32.1. The van der Waals surface area contributed by atoms with Crippen molar-refractivity contribution in [1.82, 2.24) is 0 Å². The standard InChI is InChI=1S/C12H11FN2O2S/c1-17-10-5-11(18-6-10)12(16)15-9-3-7(13)2-8(14)4-9/h2-6H,14H2,1H3,(H,15,16). The highest BCUT2D eigenvalue weighted by molar-refractivity contribution is 7.12. The van der Waals surface area contributed by atoms with Gasteiger partial charge in [-0.2, -0.15) is 0 Å². The topological polar surface area (TPSA) is 64.3 Å². The molecule has 3 N–H and O–H groups in total. The Labute approximate surface area is 107 Å². The Hall–Kier alpha value is -2.08. The van der Waals surface area contributed by atoms with Gasteiger partial charge >= 0.3 is 0 Å². The van der Waals surface area contributed by atoms with Gasteiger partial charge in [0.25, 0.3) is 5.91 Å². The van der Waals surface area contributed by atoms with E-state index < -0.39 is 5.82 Å². The highest BCUT2D eigenvalue weighted by Gasteiger charge is 2.10. The first kappa shape index (κ1) is 12.4. The highest BCUT2D eigenvalue weighted by Crippen LogP contribution is 2.23. The number of nitrogens with two attached hydrogens (primary N) is 1. The number of thiophene rings is 1. The molecular weight excluding hydrogens is 255 g/mol. The molecule has 0 atom stereocenters. The van der Waals surface area contributed by atoms with Gasteiger partial charge in [0.1, 0.15) is 11.6 Å². The number of halogens is 1. The van der Waals surface area contributed by atoms with Crippen LogP contribution in [0.3, 0.4) is 0 Å². The Morgan fingerprint density at radius 1 is 1.39 bits per heavy atom. The van der Waals surface area contributed by atoms with Crippen molar-refractivity contribution in [2.24, 2.45) is 0 Å². The van der Waals surface area contributed by atoms with Crippen molar-refractivity contribution in [1.29, 1.82) is 0 Å². The maximum Gasteiger partial charge on any atom is 0.265 e. The fraction of sp³-hybridized carbons (Fsp3) is 0.0833. The number of ether oxygens (including phenoxy) is 1. The fourth-order valence-corrected chi connectivity index (χ4v) is 2.17. The number of methoxy groups -OCH3 is 1. The van der Waals surface area contributed by atoms with Gasteiger partial charge in [-0.05, 0) is 18.2 Å². The third-order valence-corrected chi connectivity index (χ3v) is 3.12. The van der Waals surface area contributed by atoms with Gasteiger partial charge in [-0.25, -0.2) is 4.39 Å². The molecule has 1 aromatic heterocycles. The zero-order chi connectivity index (χ0) is 13.1. The summed E-state index contributed by atoms with van der Waals surface area (Å²) in [6, 6.07) is 5.50. The van der Waals surface area contributed by atoms with Crippen LogP contribution in [0.5, 0.6) is 5.75 Å². The van der Waals surface area contributed by atoms with E-state index in [0.29, 0.717) is 16.3 Å². The minimum Gasteiger partial charge on any atom is -0.496 e. The van der Waals surface area contributed by atoms with Crippen LogP contribution in [0.1, 0.15) is 9.67 Å². The van der Waals surface area contributed by atoms with Crippen LogP contribution in [0.2, 0.25) is 0 Å². The summed E-state index contributed by atoms with van der Waals surface area (Å²) < 4.78 is 18.1. The average molecular weight is 266 g/mol. The van der Waals surface area contributed by atoms with E-state index in [1.807, 2.05) is 0 Å². The van der Waals surface area contributed by atoms with Gasteiger partial charge < -0.3 is 15.8 Å². The lowest BCUT2D eigenvalue weighted by atomic mass is 10.2. The molecule has 6 heteroatoms. The number of nitrogens with one attached hydrogen (secondary N) is 1. The summed E-state index contributed by atoms with van der Waals surface area (Å²) in [4.78, 5) is 12.3. The molecule has 4 nitrogen and oxygen atoms in total. The summed E-state index contributed by atoms with van der Waals surface area (Å²) in [6.45, 7) is 0. The lowest BCUT2D eigenvalue weighted by Crippen LogP contribution is -2.10. The lowest BCUT2D eigenvalue weighted by molar-refractivity contribution is 0.103. The number of amides is 1. The SMILES string of the molecule is COc1csc(C(=O)Nc2cc(N)cc(F)c2)c1. The van der Waals surface area contributed by atoms with Crippen molar-refractivity contribution < 1.29 is 13.9 Å². The Morgan fingerprint density at radius 3 is 2.78 bits per heavy atom. The first-order valence-corrected chi connectivity index (χ1v) is 5.96. The van der Waals surface area contributed by atoms with Crippen molar-refractivity contribution in [3.63, 3.8) is 0 Å². The average Bonchev–Trinajstić information content (AvgIpc) is 2.75. The first-order valence-electron chi connectivity index (χ1n) is 5.08. The van der Waals surface area contributed by atoms with E-state index in [2.05, 4.69) is 5.32 Å². The normalized spacial score (nSPS) is 10.1. The number of carbonyl (C=O) groups is 1. The van der Waals surface area contributed by atoms with Crippen LogP contribution in [-0.4, -0.2) is 13.0 Å². The number of anilines is 2.